The number of H-pyrrole nitrogens is 1. The Hall–Kier alpha value is -1.13. The van der Waals surface area contributed by atoms with Crippen LogP contribution in [0.3, 0.4) is 0 Å². The summed E-state index contributed by atoms with van der Waals surface area (Å²) in [4.78, 5) is 2.55. The average Bonchev–Trinajstić information content (AvgIpc) is 2.61. The van der Waals surface area contributed by atoms with E-state index in [1.165, 1.54) is 6.07 Å². The van der Waals surface area contributed by atoms with Crippen LogP contribution in [0.2, 0.25) is 5.02 Å². The van der Waals surface area contributed by atoms with Crippen LogP contribution in [0.1, 0.15) is 5.69 Å². The Morgan fingerprint density at radius 2 is 2.07 bits per heavy atom. The fourth-order valence-electron chi connectivity index (χ4n) is 1.39. The molecule has 0 saturated carbocycles. The molecule has 0 unspecified atom stereocenters. The molecule has 0 aliphatic carbocycles. The van der Waals surface area contributed by atoms with Gasteiger partial charge in [0.05, 0.1) is 5.69 Å². The number of aromatic nitrogens is 1. The van der Waals surface area contributed by atoms with Gasteiger partial charge in [-0.15, -0.1) is 0 Å². The summed E-state index contributed by atoms with van der Waals surface area (Å²) in [6, 6.07) is 6.11. The summed E-state index contributed by atoms with van der Waals surface area (Å²) in [5.41, 5.74) is 0.268. The summed E-state index contributed by atoms with van der Waals surface area (Å²) < 4.78 is 26.2. The van der Waals surface area contributed by atoms with E-state index >= 15 is 0 Å². The van der Waals surface area contributed by atoms with Crippen LogP contribution < -0.4 is 0 Å². The third kappa shape index (κ3) is 1.82. The average molecular weight is 232 g/mol. The molecule has 15 heavy (non-hydrogen) atoms. The number of aromatic amines is 1. The van der Waals surface area contributed by atoms with Crippen molar-refractivity contribution in [2.24, 2.45) is 0 Å². The maximum Gasteiger partial charge on any atom is 0.310 e. The summed E-state index contributed by atoms with van der Waals surface area (Å²) in [7, 11) is 0. The number of hydrogen-bond donors (Lipinski definition) is 2. The van der Waals surface area contributed by atoms with Crippen LogP contribution >= 0.6 is 11.6 Å². The normalized spacial score (nSPS) is 12.3. The van der Waals surface area contributed by atoms with Gasteiger partial charge in [-0.05, 0) is 24.3 Å². The molecular formula is C10H8ClF2NO. The van der Waals surface area contributed by atoms with Gasteiger partial charge in [-0.25, -0.2) is 0 Å². The molecule has 2 rings (SSSR count). The first-order valence-electron chi connectivity index (χ1n) is 4.30. The van der Waals surface area contributed by atoms with Crippen molar-refractivity contribution < 1.29 is 13.9 Å². The molecule has 2 N–H and O–H groups in total. The van der Waals surface area contributed by atoms with E-state index < -0.39 is 12.5 Å². The van der Waals surface area contributed by atoms with Crippen LogP contribution in [0.4, 0.5) is 8.78 Å². The monoisotopic (exact) mass is 231 g/mol. The van der Waals surface area contributed by atoms with Gasteiger partial charge in [0.25, 0.3) is 0 Å². The molecule has 0 atom stereocenters. The van der Waals surface area contributed by atoms with Gasteiger partial charge in [0.2, 0.25) is 0 Å². The lowest BCUT2D eigenvalue weighted by Crippen LogP contribution is -2.18. The van der Waals surface area contributed by atoms with Gasteiger partial charge in [0.15, 0.2) is 0 Å². The molecule has 1 aromatic heterocycles. The first-order chi connectivity index (χ1) is 7.03. The van der Waals surface area contributed by atoms with Gasteiger partial charge in [-0.3, -0.25) is 0 Å². The molecule has 0 radical (unpaired) electrons. The molecule has 5 heteroatoms. The van der Waals surface area contributed by atoms with Crippen molar-refractivity contribution in [1.29, 1.82) is 0 Å². The van der Waals surface area contributed by atoms with Crippen molar-refractivity contribution in [2.75, 3.05) is 6.61 Å². The van der Waals surface area contributed by atoms with Crippen molar-refractivity contribution in [1.82, 2.24) is 4.98 Å². The first kappa shape index (κ1) is 10.4. The fourth-order valence-corrected chi connectivity index (χ4v) is 1.57. The molecular weight excluding hydrogens is 224 g/mol. The SMILES string of the molecule is OCC(F)(F)c1cc2cc(Cl)ccc2[nH]1. The highest BCUT2D eigenvalue weighted by Crippen LogP contribution is 2.30. The van der Waals surface area contributed by atoms with Gasteiger partial charge >= 0.3 is 5.92 Å². The molecule has 2 aromatic rings. The van der Waals surface area contributed by atoms with E-state index in [4.69, 9.17) is 16.7 Å². The van der Waals surface area contributed by atoms with Crippen LogP contribution in [-0.2, 0) is 5.92 Å². The van der Waals surface area contributed by atoms with E-state index in [9.17, 15) is 8.78 Å². The Balaban J connectivity index is 2.56. The maximum absolute atomic E-state index is 13.1. The van der Waals surface area contributed by atoms with Crippen molar-refractivity contribution in [3.63, 3.8) is 0 Å². The summed E-state index contributed by atoms with van der Waals surface area (Å²) in [5.74, 6) is -3.24. The summed E-state index contributed by atoms with van der Waals surface area (Å²) in [6.45, 7) is -1.21. The number of alkyl halides is 2. The smallest absolute Gasteiger partial charge is 0.310 e. The Labute approximate surface area is 89.5 Å². The summed E-state index contributed by atoms with van der Waals surface area (Å²) in [5, 5.41) is 9.62. The molecule has 1 heterocycles. The number of aliphatic hydroxyl groups excluding tert-OH is 1. The van der Waals surface area contributed by atoms with Crippen molar-refractivity contribution >= 4 is 22.5 Å². The van der Waals surface area contributed by atoms with Gasteiger partial charge in [0.1, 0.15) is 6.61 Å². The van der Waals surface area contributed by atoms with Gasteiger partial charge in [-0.1, -0.05) is 11.6 Å². The highest BCUT2D eigenvalue weighted by Gasteiger charge is 2.32. The summed E-state index contributed by atoms with van der Waals surface area (Å²) in [6.07, 6.45) is 0. The quantitative estimate of drug-likeness (QED) is 0.819. The fraction of sp³-hybridized carbons (Fsp3) is 0.200. The summed E-state index contributed by atoms with van der Waals surface area (Å²) >= 11 is 5.73. The van der Waals surface area contributed by atoms with Crippen molar-refractivity contribution in [3.8, 4) is 0 Å². The zero-order valence-corrected chi connectivity index (χ0v) is 8.35. The molecule has 0 amide bonds. The number of aliphatic hydroxyl groups is 1. The third-order valence-corrected chi connectivity index (χ3v) is 2.41. The van der Waals surface area contributed by atoms with Crippen LogP contribution in [0.15, 0.2) is 24.3 Å². The number of benzene rings is 1. The van der Waals surface area contributed by atoms with Gasteiger partial charge in [-0.2, -0.15) is 8.78 Å². The molecule has 2 nitrogen and oxygen atoms in total. The van der Waals surface area contributed by atoms with E-state index in [0.29, 0.717) is 15.9 Å². The van der Waals surface area contributed by atoms with Crippen LogP contribution in [0.25, 0.3) is 10.9 Å². The highest BCUT2D eigenvalue weighted by atomic mass is 35.5. The van der Waals surface area contributed by atoms with Crippen molar-refractivity contribution in [3.05, 3.63) is 35.0 Å². The molecule has 0 bridgehead atoms. The maximum atomic E-state index is 13.1. The third-order valence-electron chi connectivity index (χ3n) is 2.18. The van der Waals surface area contributed by atoms with E-state index in [2.05, 4.69) is 4.98 Å². The minimum absolute atomic E-state index is 0.303. The van der Waals surface area contributed by atoms with Gasteiger partial charge < -0.3 is 10.1 Å². The number of fused-ring (bicyclic) bond motifs is 1. The Bertz CT molecular complexity index is 495. The second-order valence-electron chi connectivity index (χ2n) is 3.28. The minimum Gasteiger partial charge on any atom is -0.390 e. The topological polar surface area (TPSA) is 36.0 Å². The second-order valence-corrected chi connectivity index (χ2v) is 3.71. The Kier molecular flexibility index (Phi) is 2.40. The molecule has 0 saturated heterocycles. The van der Waals surface area contributed by atoms with E-state index in [0.717, 1.165) is 0 Å². The lowest BCUT2D eigenvalue weighted by molar-refractivity contribution is -0.0586. The molecule has 1 aromatic carbocycles. The number of hydrogen-bond acceptors (Lipinski definition) is 1. The molecule has 0 aliphatic heterocycles. The molecule has 0 spiro atoms. The van der Waals surface area contributed by atoms with E-state index in [-0.39, 0.29) is 5.69 Å². The first-order valence-corrected chi connectivity index (χ1v) is 4.68. The number of nitrogens with one attached hydrogen (secondary N) is 1. The Morgan fingerprint density at radius 3 is 2.73 bits per heavy atom. The Morgan fingerprint density at radius 1 is 1.33 bits per heavy atom. The van der Waals surface area contributed by atoms with E-state index in [1.807, 2.05) is 0 Å². The molecule has 0 aliphatic rings. The number of rotatable bonds is 2. The zero-order valence-electron chi connectivity index (χ0n) is 7.60. The lowest BCUT2D eigenvalue weighted by Gasteiger charge is -2.09. The molecule has 0 fully saturated rings. The van der Waals surface area contributed by atoms with Crippen LogP contribution in [-0.4, -0.2) is 16.7 Å². The molecule has 80 valence electrons. The standard InChI is InChI=1S/C10H8ClF2NO/c11-7-1-2-8-6(3-7)4-9(14-8)10(12,13)5-15/h1-4,14-15H,5H2. The highest BCUT2D eigenvalue weighted by molar-refractivity contribution is 6.31. The van der Waals surface area contributed by atoms with Crippen LogP contribution in [0.5, 0.6) is 0 Å². The zero-order chi connectivity index (χ0) is 11.1. The predicted molar refractivity (Wildman–Crippen MR) is 54.3 cm³/mol. The lowest BCUT2D eigenvalue weighted by atomic mass is 10.2. The van der Waals surface area contributed by atoms with Crippen LogP contribution in [0, 0.1) is 0 Å². The second kappa shape index (κ2) is 3.47. The minimum atomic E-state index is -3.24. The predicted octanol–water partition coefficient (Wildman–Crippen LogP) is 2.91. The largest absolute Gasteiger partial charge is 0.390 e. The van der Waals surface area contributed by atoms with Crippen molar-refractivity contribution in [2.45, 2.75) is 5.92 Å². The number of halogens is 3. The van der Waals surface area contributed by atoms with Gasteiger partial charge in [0, 0.05) is 15.9 Å². The van der Waals surface area contributed by atoms with E-state index in [1.54, 1.807) is 18.2 Å².